The van der Waals surface area contributed by atoms with E-state index in [-0.39, 0.29) is 6.42 Å². The van der Waals surface area contributed by atoms with Gasteiger partial charge in [0.25, 0.3) is 5.31 Å². The lowest BCUT2D eigenvalue weighted by Gasteiger charge is -2.25. The van der Waals surface area contributed by atoms with Crippen molar-refractivity contribution in [3.63, 3.8) is 0 Å². The minimum Gasteiger partial charge on any atom is -0.337 e. The van der Waals surface area contributed by atoms with Crippen molar-refractivity contribution >= 4 is 11.6 Å². The molecule has 0 saturated heterocycles. The molecule has 44 heavy (non-hydrogen) atoms. The van der Waals surface area contributed by atoms with E-state index in [1.807, 2.05) is 24.3 Å². The Hall–Kier alpha value is -4.50. The summed E-state index contributed by atoms with van der Waals surface area (Å²) in [5, 5.41) is -2.26. The predicted molar refractivity (Wildman–Crippen MR) is 182 cm³/mol. The van der Waals surface area contributed by atoms with Gasteiger partial charge in [0.2, 0.25) is 0 Å². The van der Waals surface area contributed by atoms with E-state index in [9.17, 15) is 4.39 Å². The molecule has 0 amide bonds. The molecule has 0 aliphatic carbocycles. The number of hydrogen-bond donors (Lipinski definition) is 0. The van der Waals surface area contributed by atoms with Gasteiger partial charge in [-0.3, -0.25) is 0 Å². The Morgan fingerprint density at radius 3 is 1.55 bits per heavy atom. The van der Waals surface area contributed by atoms with Crippen molar-refractivity contribution in [2.75, 3.05) is 7.11 Å². The largest absolute Gasteiger partial charge is 0.337 e. The lowest BCUT2D eigenvalue weighted by molar-refractivity contribution is -0.0456. The quantitative estimate of drug-likeness (QED) is 0.151. The third-order valence-electron chi connectivity index (χ3n) is 8.03. The maximum Gasteiger partial charge on any atom is 0.290 e. The fourth-order valence-corrected chi connectivity index (χ4v) is 6.09. The molecule has 0 spiro atoms. The summed E-state index contributed by atoms with van der Waals surface area (Å²) in [6.07, 6.45) is 0.701. The fraction of sp³-hybridized carbons (Fsp3) is 0.122. The fourth-order valence-electron chi connectivity index (χ4n) is 5.93. The third-order valence-corrected chi connectivity index (χ3v) is 8.32. The van der Waals surface area contributed by atoms with E-state index in [1.54, 1.807) is 0 Å². The van der Waals surface area contributed by atoms with Crippen molar-refractivity contribution in [2.45, 2.75) is 25.1 Å². The van der Waals surface area contributed by atoms with E-state index in [4.69, 9.17) is 16.3 Å². The Labute approximate surface area is 264 Å². The van der Waals surface area contributed by atoms with Gasteiger partial charge in [-0.1, -0.05) is 158 Å². The van der Waals surface area contributed by atoms with Gasteiger partial charge in [0.05, 0.1) is 0 Å². The standard InChI is InChI=1S/C41H33ClFO/c1-3-30-26-29(28-41(42,43)44-2)24-25-35(30)37-27-36(31-16-8-4-9-17-31)38(32-18-10-5-11-19-32)40(34-22-14-7-15-23-34)39(37)33-20-12-6-13-21-33/h4-26H,3,28H2,1-2H3. The molecule has 1 radical (unpaired) electrons. The lowest BCUT2D eigenvalue weighted by Crippen LogP contribution is -2.20. The topological polar surface area (TPSA) is 9.23 Å². The number of alkyl halides is 2. The summed E-state index contributed by atoms with van der Waals surface area (Å²) in [6.45, 7) is 2.12. The zero-order chi connectivity index (χ0) is 30.5. The number of hydrogen-bond acceptors (Lipinski definition) is 1. The molecule has 0 aliphatic rings. The third kappa shape index (κ3) is 6.10. The molecule has 0 bridgehead atoms. The molecule has 3 heteroatoms. The van der Waals surface area contributed by atoms with Crippen LogP contribution in [0.15, 0.2) is 140 Å². The highest BCUT2D eigenvalue weighted by Gasteiger charge is 2.28. The number of halogens is 2. The second kappa shape index (κ2) is 13.0. The van der Waals surface area contributed by atoms with Crippen LogP contribution in [0, 0.1) is 6.07 Å². The molecule has 6 rings (SSSR count). The average Bonchev–Trinajstić information content (AvgIpc) is 3.08. The highest BCUT2D eigenvalue weighted by atomic mass is 35.5. The summed E-state index contributed by atoms with van der Waals surface area (Å²) in [6, 6.07) is 52.2. The minimum absolute atomic E-state index is 0.0505. The van der Waals surface area contributed by atoms with Gasteiger partial charge < -0.3 is 4.74 Å². The first kappa shape index (κ1) is 29.6. The number of aryl methyl sites for hydroxylation is 1. The monoisotopic (exact) mass is 595 g/mol. The molecule has 6 aromatic carbocycles. The first-order valence-corrected chi connectivity index (χ1v) is 15.3. The summed E-state index contributed by atoms with van der Waals surface area (Å²) in [7, 11) is 1.29. The van der Waals surface area contributed by atoms with Crippen LogP contribution in [-0.4, -0.2) is 12.4 Å². The SMILES string of the molecule is CCc1cc(CC(F)(Cl)OC)ccc1-c1[c]c(-c2ccccc2)c(-c2ccccc2)c(-c2ccccc2)c1-c1ccccc1. The minimum atomic E-state index is -2.26. The molecule has 6 aromatic rings. The van der Waals surface area contributed by atoms with E-state index in [0.29, 0.717) is 0 Å². The van der Waals surface area contributed by atoms with E-state index in [2.05, 4.69) is 128 Å². The maximum absolute atomic E-state index is 14.7. The Balaban J connectivity index is 1.76. The molecule has 0 heterocycles. The van der Waals surface area contributed by atoms with Gasteiger partial charge in [-0.2, -0.15) is 4.39 Å². The van der Waals surface area contributed by atoms with Gasteiger partial charge in [-0.15, -0.1) is 0 Å². The first-order valence-electron chi connectivity index (χ1n) is 14.9. The van der Waals surface area contributed by atoms with Gasteiger partial charge >= 0.3 is 0 Å². The normalized spacial score (nSPS) is 12.5. The van der Waals surface area contributed by atoms with Crippen molar-refractivity contribution in [1.29, 1.82) is 0 Å². The van der Waals surface area contributed by atoms with E-state index >= 15 is 0 Å². The summed E-state index contributed by atoms with van der Waals surface area (Å²) < 4.78 is 19.6. The zero-order valence-electron chi connectivity index (χ0n) is 24.9. The van der Waals surface area contributed by atoms with Crippen molar-refractivity contribution in [1.82, 2.24) is 0 Å². The average molecular weight is 596 g/mol. The number of ether oxygens (including phenoxy) is 1. The highest BCUT2D eigenvalue weighted by Crippen LogP contribution is 2.50. The summed E-state index contributed by atoms with van der Waals surface area (Å²) in [5.41, 5.74) is 12.8. The van der Waals surface area contributed by atoms with Crippen molar-refractivity contribution in [3.8, 4) is 55.6 Å². The Kier molecular flexibility index (Phi) is 8.74. The lowest BCUT2D eigenvalue weighted by atomic mass is 9.78. The molecule has 1 nitrogen and oxygen atoms in total. The van der Waals surface area contributed by atoms with Gasteiger partial charge in [-0.25, -0.2) is 0 Å². The van der Waals surface area contributed by atoms with Crippen molar-refractivity contribution < 1.29 is 9.13 Å². The zero-order valence-corrected chi connectivity index (χ0v) is 25.6. The van der Waals surface area contributed by atoms with E-state index < -0.39 is 5.31 Å². The van der Waals surface area contributed by atoms with Crippen LogP contribution in [0.1, 0.15) is 18.1 Å². The molecular formula is C41H33ClFO. The summed E-state index contributed by atoms with van der Waals surface area (Å²) in [5.74, 6) is 0. The second-order valence-electron chi connectivity index (χ2n) is 10.8. The summed E-state index contributed by atoms with van der Waals surface area (Å²) in [4.78, 5) is 0. The number of rotatable bonds is 9. The Bertz CT molecular complexity index is 1850. The van der Waals surface area contributed by atoms with E-state index in [1.165, 1.54) is 7.11 Å². The van der Waals surface area contributed by atoms with Crippen LogP contribution in [0.3, 0.4) is 0 Å². The molecule has 1 atom stereocenters. The van der Waals surface area contributed by atoms with Crippen LogP contribution >= 0.6 is 11.6 Å². The molecule has 1 unspecified atom stereocenters. The highest BCUT2D eigenvalue weighted by molar-refractivity contribution is 6.21. The van der Waals surface area contributed by atoms with Gasteiger partial charge in [-0.05, 0) is 79.2 Å². The van der Waals surface area contributed by atoms with Crippen LogP contribution in [0.2, 0.25) is 0 Å². The van der Waals surface area contributed by atoms with Crippen LogP contribution < -0.4 is 0 Å². The van der Waals surface area contributed by atoms with Gasteiger partial charge in [0.1, 0.15) is 0 Å². The molecule has 0 fully saturated rings. The summed E-state index contributed by atoms with van der Waals surface area (Å²) >= 11 is 5.97. The van der Waals surface area contributed by atoms with Crippen LogP contribution in [0.5, 0.6) is 0 Å². The molecule has 0 aliphatic heterocycles. The number of methoxy groups -OCH3 is 1. The van der Waals surface area contributed by atoms with Crippen LogP contribution in [-0.2, 0) is 17.6 Å². The Morgan fingerprint density at radius 1 is 0.614 bits per heavy atom. The first-order chi connectivity index (χ1) is 21.5. The predicted octanol–water partition coefficient (Wildman–Crippen LogP) is 11.4. The smallest absolute Gasteiger partial charge is 0.290 e. The van der Waals surface area contributed by atoms with Crippen LogP contribution in [0.25, 0.3) is 55.6 Å². The molecule has 0 N–H and O–H groups in total. The van der Waals surface area contributed by atoms with Gasteiger partial charge in [0, 0.05) is 13.5 Å². The van der Waals surface area contributed by atoms with Crippen LogP contribution in [0.4, 0.5) is 4.39 Å². The van der Waals surface area contributed by atoms with Gasteiger partial charge in [0.15, 0.2) is 0 Å². The van der Waals surface area contributed by atoms with E-state index in [0.717, 1.165) is 73.2 Å². The molecular weight excluding hydrogens is 563 g/mol. The second-order valence-corrected chi connectivity index (χ2v) is 11.4. The number of benzene rings is 6. The molecule has 0 saturated carbocycles. The molecule has 217 valence electrons. The Morgan fingerprint density at radius 2 is 1.07 bits per heavy atom. The van der Waals surface area contributed by atoms with Crippen molar-refractivity contribution in [3.05, 3.63) is 157 Å². The maximum atomic E-state index is 14.7. The molecule has 0 aromatic heterocycles. The van der Waals surface area contributed by atoms with Crippen molar-refractivity contribution in [2.24, 2.45) is 0 Å².